The highest BCUT2D eigenvalue weighted by atomic mass is 19.1. The minimum absolute atomic E-state index is 0.00557. The highest BCUT2D eigenvalue weighted by molar-refractivity contribution is 5.72. The van der Waals surface area contributed by atoms with Crippen LogP contribution in [0.3, 0.4) is 0 Å². The number of hydrogen-bond acceptors (Lipinski definition) is 4. The van der Waals surface area contributed by atoms with Crippen molar-refractivity contribution in [3.8, 4) is 5.75 Å². The van der Waals surface area contributed by atoms with E-state index in [1.807, 2.05) is 0 Å². The normalized spacial score (nSPS) is 13.1. The molecule has 1 rings (SSSR count). The third-order valence-corrected chi connectivity index (χ3v) is 2.43. The molecule has 0 saturated heterocycles. The van der Waals surface area contributed by atoms with Gasteiger partial charge in [0.05, 0.1) is 6.54 Å². The number of carbonyl (C=O) groups excluding carboxylic acids is 1. The van der Waals surface area contributed by atoms with E-state index in [4.69, 9.17) is 4.74 Å². The van der Waals surface area contributed by atoms with Gasteiger partial charge >= 0.3 is 5.97 Å². The quantitative estimate of drug-likeness (QED) is 0.825. The van der Waals surface area contributed by atoms with E-state index in [1.54, 1.807) is 27.7 Å². The maximum atomic E-state index is 13.1. The number of nitrogens with one attached hydrogen (secondary N) is 1. The van der Waals surface area contributed by atoms with E-state index < -0.39 is 17.4 Å². The number of halogens is 1. The van der Waals surface area contributed by atoms with Gasteiger partial charge in [-0.25, -0.2) is 4.39 Å². The van der Waals surface area contributed by atoms with Crippen LogP contribution in [0.2, 0.25) is 0 Å². The molecule has 0 saturated carbocycles. The van der Waals surface area contributed by atoms with E-state index in [0.29, 0.717) is 5.56 Å². The average molecular weight is 269 g/mol. The first kappa shape index (κ1) is 15.4. The van der Waals surface area contributed by atoms with Crippen LogP contribution < -0.4 is 5.32 Å². The Morgan fingerprint density at radius 3 is 2.68 bits per heavy atom. The lowest BCUT2D eigenvalue weighted by Crippen LogP contribution is -2.32. The second kappa shape index (κ2) is 6.02. The van der Waals surface area contributed by atoms with Crippen molar-refractivity contribution in [3.05, 3.63) is 29.6 Å². The standard InChI is InChI=1S/C14H20FNO3/c1-9(11-7-10(15)5-6-12(11)17)16-8-13(18)19-14(2,3)4/h5-7,9,16-17H,8H2,1-4H3. The molecular weight excluding hydrogens is 249 g/mol. The van der Waals surface area contributed by atoms with Crippen LogP contribution in [0.25, 0.3) is 0 Å². The Kier molecular flexibility index (Phi) is 4.89. The van der Waals surface area contributed by atoms with Crippen molar-refractivity contribution in [3.63, 3.8) is 0 Å². The Labute approximate surface area is 112 Å². The van der Waals surface area contributed by atoms with Gasteiger partial charge in [0.1, 0.15) is 17.2 Å². The molecule has 0 aromatic heterocycles. The number of ether oxygens (including phenoxy) is 1. The Morgan fingerprint density at radius 1 is 1.47 bits per heavy atom. The third kappa shape index (κ3) is 5.26. The molecule has 0 bridgehead atoms. The zero-order valence-electron chi connectivity index (χ0n) is 11.7. The fraction of sp³-hybridized carbons (Fsp3) is 0.500. The number of phenolic OH excluding ortho intramolecular Hbond substituents is 1. The minimum atomic E-state index is -0.539. The van der Waals surface area contributed by atoms with Gasteiger partial charge in [-0.1, -0.05) is 0 Å². The van der Waals surface area contributed by atoms with Gasteiger partial charge in [-0.2, -0.15) is 0 Å². The number of aromatic hydroxyl groups is 1. The predicted molar refractivity (Wildman–Crippen MR) is 70.3 cm³/mol. The molecule has 0 spiro atoms. The molecule has 4 nitrogen and oxygen atoms in total. The first-order chi connectivity index (χ1) is 8.69. The maximum absolute atomic E-state index is 13.1. The number of carbonyl (C=O) groups is 1. The predicted octanol–water partition coefficient (Wildman–Crippen LogP) is 2.52. The molecule has 0 radical (unpaired) electrons. The number of esters is 1. The molecule has 1 aromatic carbocycles. The number of hydrogen-bond donors (Lipinski definition) is 2. The molecule has 0 aliphatic carbocycles. The molecule has 1 atom stereocenters. The van der Waals surface area contributed by atoms with Crippen molar-refractivity contribution < 1.29 is 19.0 Å². The summed E-state index contributed by atoms with van der Waals surface area (Å²) in [7, 11) is 0. The van der Waals surface area contributed by atoms with Crippen LogP contribution in [-0.2, 0) is 9.53 Å². The van der Waals surface area contributed by atoms with E-state index in [9.17, 15) is 14.3 Å². The Morgan fingerprint density at radius 2 is 2.11 bits per heavy atom. The summed E-state index contributed by atoms with van der Waals surface area (Å²) in [6.07, 6.45) is 0. The summed E-state index contributed by atoms with van der Waals surface area (Å²) >= 11 is 0. The molecule has 0 amide bonds. The molecule has 1 unspecified atom stereocenters. The van der Waals surface area contributed by atoms with Gasteiger partial charge in [-0.3, -0.25) is 4.79 Å². The number of rotatable bonds is 4. The lowest BCUT2D eigenvalue weighted by molar-refractivity contribution is -0.153. The van der Waals surface area contributed by atoms with Crippen LogP contribution in [0, 0.1) is 5.82 Å². The van der Waals surface area contributed by atoms with Gasteiger partial charge in [0.2, 0.25) is 0 Å². The summed E-state index contributed by atoms with van der Waals surface area (Å²) in [5, 5.41) is 12.5. The summed E-state index contributed by atoms with van der Waals surface area (Å²) in [5.74, 6) is -0.834. The van der Waals surface area contributed by atoms with Crippen LogP contribution in [0.1, 0.15) is 39.3 Å². The fourth-order valence-electron chi connectivity index (χ4n) is 1.60. The topological polar surface area (TPSA) is 58.6 Å². The molecule has 0 fully saturated rings. The lowest BCUT2D eigenvalue weighted by Gasteiger charge is -2.21. The van der Waals surface area contributed by atoms with Gasteiger partial charge in [0.15, 0.2) is 0 Å². The van der Waals surface area contributed by atoms with Gasteiger partial charge in [0, 0.05) is 11.6 Å². The highest BCUT2D eigenvalue weighted by Gasteiger charge is 2.18. The largest absolute Gasteiger partial charge is 0.508 e. The minimum Gasteiger partial charge on any atom is -0.508 e. The Hall–Kier alpha value is -1.62. The molecule has 2 N–H and O–H groups in total. The first-order valence-electron chi connectivity index (χ1n) is 6.12. The van der Waals surface area contributed by atoms with Crippen molar-refractivity contribution in [2.24, 2.45) is 0 Å². The van der Waals surface area contributed by atoms with E-state index in [-0.39, 0.29) is 18.3 Å². The second-order valence-corrected chi connectivity index (χ2v) is 5.39. The number of benzene rings is 1. The summed E-state index contributed by atoms with van der Waals surface area (Å²) in [4.78, 5) is 11.5. The third-order valence-electron chi connectivity index (χ3n) is 2.43. The van der Waals surface area contributed by atoms with Crippen LogP contribution >= 0.6 is 0 Å². The smallest absolute Gasteiger partial charge is 0.320 e. The molecule has 5 heteroatoms. The van der Waals surface area contributed by atoms with Gasteiger partial charge in [-0.05, 0) is 45.9 Å². The van der Waals surface area contributed by atoms with Crippen molar-refractivity contribution in [2.75, 3.05) is 6.54 Å². The van der Waals surface area contributed by atoms with Gasteiger partial charge in [0.25, 0.3) is 0 Å². The average Bonchev–Trinajstić information content (AvgIpc) is 2.27. The van der Waals surface area contributed by atoms with Gasteiger partial charge in [-0.15, -0.1) is 0 Å². The molecule has 19 heavy (non-hydrogen) atoms. The molecule has 0 aliphatic rings. The van der Waals surface area contributed by atoms with Gasteiger partial charge < -0.3 is 15.2 Å². The molecule has 1 aromatic rings. The van der Waals surface area contributed by atoms with Crippen molar-refractivity contribution >= 4 is 5.97 Å². The summed E-state index contributed by atoms with van der Waals surface area (Å²) in [6, 6.07) is 3.35. The van der Waals surface area contributed by atoms with E-state index in [1.165, 1.54) is 18.2 Å². The molecule has 0 aliphatic heterocycles. The highest BCUT2D eigenvalue weighted by Crippen LogP contribution is 2.24. The number of phenols is 1. The zero-order chi connectivity index (χ0) is 14.6. The van der Waals surface area contributed by atoms with E-state index >= 15 is 0 Å². The van der Waals surface area contributed by atoms with Crippen molar-refractivity contribution in [2.45, 2.75) is 39.3 Å². The van der Waals surface area contributed by atoms with E-state index in [0.717, 1.165) is 0 Å². The molecular formula is C14H20FNO3. The maximum Gasteiger partial charge on any atom is 0.320 e. The first-order valence-corrected chi connectivity index (χ1v) is 6.12. The molecule has 106 valence electrons. The summed E-state index contributed by atoms with van der Waals surface area (Å²) < 4.78 is 18.2. The van der Waals surface area contributed by atoms with E-state index in [2.05, 4.69) is 5.32 Å². The Bertz CT molecular complexity index is 454. The SMILES string of the molecule is CC(NCC(=O)OC(C)(C)C)c1cc(F)ccc1O. The van der Waals surface area contributed by atoms with Crippen LogP contribution in [0.5, 0.6) is 5.75 Å². The van der Waals surface area contributed by atoms with Crippen LogP contribution in [-0.4, -0.2) is 23.2 Å². The van der Waals surface area contributed by atoms with Crippen molar-refractivity contribution in [1.29, 1.82) is 0 Å². The zero-order valence-corrected chi connectivity index (χ0v) is 11.7. The fourth-order valence-corrected chi connectivity index (χ4v) is 1.60. The monoisotopic (exact) mass is 269 g/mol. The second-order valence-electron chi connectivity index (χ2n) is 5.39. The summed E-state index contributed by atoms with van der Waals surface area (Å²) in [5.41, 5.74) is -0.133. The lowest BCUT2D eigenvalue weighted by atomic mass is 10.1. The van der Waals surface area contributed by atoms with Crippen LogP contribution in [0.15, 0.2) is 18.2 Å². The molecule has 0 heterocycles. The van der Waals surface area contributed by atoms with Crippen molar-refractivity contribution in [1.82, 2.24) is 5.32 Å². The Balaban J connectivity index is 2.58. The van der Waals surface area contributed by atoms with Crippen LogP contribution in [0.4, 0.5) is 4.39 Å². The summed E-state index contributed by atoms with van der Waals surface area (Å²) in [6.45, 7) is 7.08.